The molecule has 1 N–H and O–H groups in total. The van der Waals surface area contributed by atoms with Gasteiger partial charge in [-0.05, 0) is 24.3 Å². The summed E-state index contributed by atoms with van der Waals surface area (Å²) >= 11 is 1.20. The van der Waals surface area contributed by atoms with Crippen LogP contribution >= 0.6 is 11.3 Å². The molecule has 0 aromatic carbocycles. The molecule has 0 saturated carbocycles. The number of rotatable bonds is 7. The summed E-state index contributed by atoms with van der Waals surface area (Å²) in [5.74, 6) is 0.613. The van der Waals surface area contributed by atoms with E-state index in [2.05, 4.69) is 0 Å². The number of thiophene rings is 1. The zero-order valence-corrected chi connectivity index (χ0v) is 12.8. The molecule has 110 valence electrons. The first kappa shape index (κ1) is 15.2. The lowest BCUT2D eigenvalue weighted by Gasteiger charge is -2.18. The average molecular weight is 315 g/mol. The fourth-order valence-electron chi connectivity index (χ4n) is 1.81. The van der Waals surface area contributed by atoms with E-state index in [0.717, 1.165) is 4.88 Å². The quantitative estimate of drug-likeness (QED) is 0.849. The van der Waals surface area contributed by atoms with E-state index in [4.69, 9.17) is 9.52 Å². The predicted molar refractivity (Wildman–Crippen MR) is 77.1 cm³/mol. The maximum absolute atomic E-state index is 12.5. The molecule has 2 aromatic heterocycles. The summed E-state index contributed by atoms with van der Waals surface area (Å²) in [5, 5.41) is 8.89. The molecule has 0 aliphatic rings. The van der Waals surface area contributed by atoms with Crippen molar-refractivity contribution in [1.82, 2.24) is 4.31 Å². The largest absolute Gasteiger partial charge is 0.468 e. The molecule has 2 rings (SSSR count). The van der Waals surface area contributed by atoms with Crippen LogP contribution in [0.1, 0.15) is 17.6 Å². The third kappa shape index (κ3) is 3.29. The molecule has 0 atom stereocenters. The van der Waals surface area contributed by atoms with Crippen molar-refractivity contribution in [1.29, 1.82) is 0 Å². The number of furan rings is 1. The number of nitrogens with zero attached hydrogens (tertiary/aromatic N) is 1. The van der Waals surface area contributed by atoms with Crippen LogP contribution in [0.4, 0.5) is 0 Å². The second-order valence-electron chi connectivity index (χ2n) is 4.20. The highest BCUT2D eigenvalue weighted by molar-refractivity contribution is 7.91. The van der Waals surface area contributed by atoms with Crippen molar-refractivity contribution < 1.29 is 17.9 Å². The lowest BCUT2D eigenvalue weighted by molar-refractivity contribution is 0.300. The third-order valence-electron chi connectivity index (χ3n) is 2.85. The predicted octanol–water partition coefficient (Wildman–Crippen LogP) is 2.09. The second-order valence-corrected chi connectivity index (χ2v) is 7.54. The minimum atomic E-state index is -3.51. The molecule has 0 aliphatic carbocycles. The van der Waals surface area contributed by atoms with Crippen molar-refractivity contribution in [3.05, 3.63) is 41.2 Å². The summed E-state index contributed by atoms with van der Waals surface area (Å²) in [6, 6.07) is 6.83. The zero-order chi connectivity index (χ0) is 14.6. The van der Waals surface area contributed by atoms with Gasteiger partial charge in [-0.25, -0.2) is 8.42 Å². The molecular formula is C13H17NO4S2. The first-order valence-electron chi connectivity index (χ1n) is 6.30. The zero-order valence-electron chi connectivity index (χ0n) is 11.2. The third-order valence-corrected chi connectivity index (χ3v) is 6.39. The van der Waals surface area contributed by atoms with Crippen LogP contribution in [-0.4, -0.2) is 31.0 Å². The molecule has 2 heterocycles. The molecule has 0 amide bonds. The van der Waals surface area contributed by atoms with Gasteiger partial charge >= 0.3 is 0 Å². The molecule has 20 heavy (non-hydrogen) atoms. The molecule has 0 radical (unpaired) electrons. The highest BCUT2D eigenvalue weighted by Crippen LogP contribution is 2.26. The smallest absolute Gasteiger partial charge is 0.252 e. The van der Waals surface area contributed by atoms with Crippen LogP contribution in [0.5, 0.6) is 0 Å². The Hall–Kier alpha value is -1.15. The molecule has 0 unspecified atom stereocenters. The summed E-state index contributed by atoms with van der Waals surface area (Å²) in [6.07, 6.45) is 2.00. The van der Waals surface area contributed by atoms with E-state index < -0.39 is 10.0 Å². The topological polar surface area (TPSA) is 70.8 Å². The first-order chi connectivity index (χ1) is 9.57. The van der Waals surface area contributed by atoms with Crippen molar-refractivity contribution in [2.75, 3.05) is 13.2 Å². The Bertz CT molecular complexity index is 631. The van der Waals surface area contributed by atoms with Crippen molar-refractivity contribution >= 4 is 21.4 Å². The van der Waals surface area contributed by atoms with Crippen LogP contribution < -0.4 is 0 Å². The Morgan fingerprint density at radius 1 is 1.35 bits per heavy atom. The summed E-state index contributed by atoms with van der Waals surface area (Å²) in [6.45, 7) is 2.40. The lowest BCUT2D eigenvalue weighted by atomic mass is 10.4. The van der Waals surface area contributed by atoms with Gasteiger partial charge in [0.15, 0.2) is 0 Å². The number of hydrogen-bond acceptors (Lipinski definition) is 5. The Morgan fingerprint density at radius 2 is 2.15 bits per heavy atom. The molecule has 0 bridgehead atoms. The molecule has 0 aliphatic heterocycles. The Morgan fingerprint density at radius 3 is 2.75 bits per heavy atom. The molecule has 0 saturated heterocycles. The van der Waals surface area contributed by atoms with Gasteiger partial charge in [-0.1, -0.05) is 6.92 Å². The summed E-state index contributed by atoms with van der Waals surface area (Å²) < 4.78 is 32.0. The van der Waals surface area contributed by atoms with Gasteiger partial charge in [-0.3, -0.25) is 0 Å². The highest BCUT2D eigenvalue weighted by Gasteiger charge is 2.25. The van der Waals surface area contributed by atoms with Crippen LogP contribution in [0, 0.1) is 0 Å². The summed E-state index contributed by atoms with van der Waals surface area (Å²) in [7, 11) is -3.51. The van der Waals surface area contributed by atoms with Gasteiger partial charge in [0, 0.05) is 24.4 Å². The maximum Gasteiger partial charge on any atom is 0.252 e. The van der Waals surface area contributed by atoms with Crippen LogP contribution in [0.3, 0.4) is 0 Å². The van der Waals surface area contributed by atoms with Gasteiger partial charge < -0.3 is 9.52 Å². The van der Waals surface area contributed by atoms with Gasteiger partial charge in [-0.15, -0.1) is 11.3 Å². The second kappa shape index (κ2) is 6.53. The Labute approximate surface area is 122 Å². The summed E-state index contributed by atoms with van der Waals surface area (Å²) in [4.78, 5) is 0.861. The average Bonchev–Trinajstić information content (AvgIpc) is 3.07. The van der Waals surface area contributed by atoms with Crippen molar-refractivity contribution in [3.63, 3.8) is 0 Å². The van der Waals surface area contributed by atoms with Crippen molar-refractivity contribution in [2.24, 2.45) is 0 Å². The van der Waals surface area contributed by atoms with E-state index in [9.17, 15) is 8.42 Å². The van der Waals surface area contributed by atoms with E-state index >= 15 is 0 Å². The van der Waals surface area contributed by atoms with Gasteiger partial charge in [0.25, 0.3) is 10.0 Å². The van der Waals surface area contributed by atoms with E-state index in [1.165, 1.54) is 21.9 Å². The number of hydrogen-bond donors (Lipinski definition) is 1. The summed E-state index contributed by atoms with van der Waals surface area (Å²) in [5.41, 5.74) is 0. The van der Waals surface area contributed by atoms with Crippen LogP contribution in [-0.2, 0) is 23.0 Å². The maximum atomic E-state index is 12.5. The molecule has 7 heteroatoms. The fourth-order valence-corrected chi connectivity index (χ4v) is 4.73. The minimum Gasteiger partial charge on any atom is -0.468 e. The van der Waals surface area contributed by atoms with E-state index in [1.807, 2.05) is 0 Å². The lowest BCUT2D eigenvalue weighted by Crippen LogP contribution is -2.29. The van der Waals surface area contributed by atoms with Gasteiger partial charge in [0.05, 0.1) is 12.8 Å². The number of sulfonamides is 1. The van der Waals surface area contributed by atoms with Crippen molar-refractivity contribution in [2.45, 2.75) is 24.1 Å². The highest BCUT2D eigenvalue weighted by atomic mass is 32.2. The Kier molecular flexibility index (Phi) is 4.98. The minimum absolute atomic E-state index is 0.0177. The van der Waals surface area contributed by atoms with Crippen LogP contribution in [0.2, 0.25) is 0 Å². The standard InChI is InChI=1S/C13H17NO4S2/c1-2-14(10-11-4-3-9-18-11)20(16,17)13-6-5-12(19-13)7-8-15/h3-6,9,15H,2,7-8,10H2,1H3. The molecule has 5 nitrogen and oxygen atoms in total. The van der Waals surface area contributed by atoms with Crippen molar-refractivity contribution in [3.8, 4) is 0 Å². The number of aliphatic hydroxyl groups excluding tert-OH is 1. The molecule has 2 aromatic rings. The van der Waals surface area contributed by atoms with Gasteiger partial charge in [-0.2, -0.15) is 4.31 Å². The Balaban J connectivity index is 2.21. The van der Waals surface area contributed by atoms with E-state index in [0.29, 0.717) is 22.9 Å². The molecular weight excluding hydrogens is 298 g/mol. The normalized spacial score (nSPS) is 12.2. The first-order valence-corrected chi connectivity index (χ1v) is 8.55. The number of aliphatic hydroxyl groups is 1. The monoisotopic (exact) mass is 315 g/mol. The van der Waals surface area contributed by atoms with Crippen LogP contribution in [0.25, 0.3) is 0 Å². The van der Waals surface area contributed by atoms with E-state index in [1.54, 1.807) is 31.2 Å². The van der Waals surface area contributed by atoms with Gasteiger partial charge in [0.1, 0.15) is 9.97 Å². The van der Waals surface area contributed by atoms with E-state index in [-0.39, 0.29) is 13.2 Å². The molecule has 0 fully saturated rings. The molecule has 0 spiro atoms. The van der Waals surface area contributed by atoms with Crippen LogP contribution in [0.15, 0.2) is 39.2 Å². The SMILES string of the molecule is CCN(Cc1ccco1)S(=O)(=O)c1ccc(CCO)s1. The fraction of sp³-hybridized carbons (Fsp3) is 0.385. The van der Waals surface area contributed by atoms with Gasteiger partial charge in [0.2, 0.25) is 0 Å².